The van der Waals surface area contributed by atoms with Crippen molar-refractivity contribution in [2.24, 2.45) is 11.8 Å². The molecule has 0 aliphatic carbocycles. The van der Waals surface area contributed by atoms with Crippen molar-refractivity contribution >= 4 is 89.3 Å². The highest BCUT2D eigenvalue weighted by atomic mass is 16.5. The molecule has 8 aromatic carbocycles. The summed E-state index contributed by atoms with van der Waals surface area (Å²) in [5, 5.41) is -2.04. The summed E-state index contributed by atoms with van der Waals surface area (Å²) >= 11 is 0. The Morgan fingerprint density at radius 3 is 1.11 bits per heavy atom. The molecule has 0 radical (unpaired) electrons. The minimum atomic E-state index is -1.04. The summed E-state index contributed by atoms with van der Waals surface area (Å²) in [5.74, 6) is -2.77. The number of fused-ring (bicyclic) bond motifs is 4. The maximum atomic E-state index is 14.9. The van der Waals surface area contributed by atoms with Gasteiger partial charge in [0.1, 0.15) is 0 Å². The maximum absolute atomic E-state index is 14.9. The zero-order valence-electron chi connectivity index (χ0n) is 50.7. The molecule has 20 heteroatoms. The van der Waals surface area contributed by atoms with Gasteiger partial charge in [-0.3, -0.25) is 43.2 Å². The van der Waals surface area contributed by atoms with E-state index in [4.69, 9.17) is 9.47 Å². The van der Waals surface area contributed by atoms with Gasteiger partial charge in [0.05, 0.1) is 77.9 Å². The van der Waals surface area contributed by atoms with Crippen LogP contribution in [0.3, 0.4) is 0 Å². The van der Waals surface area contributed by atoms with Gasteiger partial charge in [0.2, 0.25) is 11.9 Å². The molecule has 92 heavy (non-hydrogen) atoms. The molecule has 0 aliphatic rings. The van der Waals surface area contributed by atoms with Crippen molar-refractivity contribution in [1.82, 2.24) is 33.2 Å². The van der Waals surface area contributed by atoms with Crippen LogP contribution < -0.4 is 63.7 Å². The lowest BCUT2D eigenvalue weighted by molar-refractivity contribution is -0.137. The lowest BCUT2D eigenvalue weighted by Crippen LogP contribution is -2.30. The quantitative estimate of drug-likeness (QED) is 0.0646. The molecule has 5 heterocycles. The fourth-order valence-electron chi connectivity index (χ4n) is 11.3. The number of esters is 1. The van der Waals surface area contributed by atoms with Gasteiger partial charge in [-0.1, -0.05) is 118 Å². The van der Waals surface area contributed by atoms with Crippen LogP contribution in [-0.4, -0.2) is 45.3 Å². The first-order valence-corrected chi connectivity index (χ1v) is 29.5. The zero-order chi connectivity index (χ0) is 64.7. The van der Waals surface area contributed by atoms with Crippen LogP contribution in [0.4, 0.5) is 34.1 Å². The molecule has 0 bridgehead atoms. The molecule has 13 aromatic rings. The van der Waals surface area contributed by atoms with Crippen LogP contribution in [-0.2, 0) is 4.79 Å². The minimum Gasteiger partial charge on any atom is -0.486 e. The average Bonchev–Trinajstić information content (AvgIpc) is 1.57. The lowest BCUT2D eigenvalue weighted by atomic mass is 10.1. The predicted molar refractivity (Wildman–Crippen MR) is 356 cm³/mol. The van der Waals surface area contributed by atoms with Gasteiger partial charge in [-0.25, -0.2) is 18.3 Å². The number of rotatable bonds is 16. The van der Waals surface area contributed by atoms with E-state index in [-0.39, 0.29) is 77.7 Å². The number of benzene rings is 8. The molecule has 5 aromatic heterocycles. The van der Waals surface area contributed by atoms with Crippen LogP contribution in [0.15, 0.2) is 215 Å². The van der Waals surface area contributed by atoms with Gasteiger partial charge in [0.25, 0.3) is 44.5 Å². The molecule has 20 nitrogen and oxygen atoms in total. The summed E-state index contributed by atoms with van der Waals surface area (Å²) in [6, 6.07) is 48.6. The first-order chi connectivity index (χ1) is 44.2. The first-order valence-electron chi connectivity index (χ1n) is 29.5. The van der Waals surface area contributed by atoms with Crippen LogP contribution in [0.1, 0.15) is 51.6 Å². The van der Waals surface area contributed by atoms with Crippen LogP contribution >= 0.6 is 0 Å². The number of ether oxygens (including phenoxy) is 2. The molecule has 1 atom stereocenters. The fraction of sp³-hybridized carbons (Fsp3) is 0.139. The van der Waals surface area contributed by atoms with Crippen molar-refractivity contribution in [2.75, 3.05) is 9.80 Å². The van der Waals surface area contributed by atoms with Gasteiger partial charge >= 0.3 is 5.97 Å². The molecule has 0 N–H and O–H groups in total. The Morgan fingerprint density at radius 1 is 0.424 bits per heavy atom. The SMILES string of the molecule is C=Cc1nc(-n2c(=O)c3cc4c(=O)n(-c5cccc(N(c6ccccc6)c6ccccc6)c5OC(=O)C(C)C)c(=O)c4cc3c2=O)nc(-n2c(=O)c3cc4c(=O)n(-c5cccc(N(c6ccc(C)cc6)c6ccc(C)cc6)c5OC(C)C(C)C)c(=O)c4cc3c2=O)n1. The number of hydrogen-bond donors (Lipinski definition) is 0. The number of hydrogen-bond acceptors (Lipinski definition) is 16. The van der Waals surface area contributed by atoms with Crippen LogP contribution in [0.5, 0.6) is 11.5 Å². The molecule has 0 amide bonds. The van der Waals surface area contributed by atoms with E-state index in [1.807, 2.05) is 160 Å². The van der Waals surface area contributed by atoms with E-state index in [2.05, 4.69) is 21.5 Å². The lowest BCUT2D eigenvalue weighted by Gasteiger charge is -2.30. The van der Waals surface area contributed by atoms with Crippen molar-refractivity contribution in [1.29, 1.82) is 0 Å². The molecule has 0 spiro atoms. The van der Waals surface area contributed by atoms with E-state index in [1.54, 1.807) is 38.1 Å². The number of aryl methyl sites for hydroxylation is 2. The van der Waals surface area contributed by atoms with Gasteiger partial charge in [-0.15, -0.1) is 0 Å². The van der Waals surface area contributed by atoms with E-state index in [0.29, 0.717) is 31.9 Å². The zero-order valence-corrected chi connectivity index (χ0v) is 50.7. The Labute approximate surface area is 521 Å². The number of carbonyl (C=O) groups excluding carboxylic acids is 1. The predicted octanol–water partition coefficient (Wildman–Crippen LogP) is 10.5. The Morgan fingerprint density at radius 2 is 0.761 bits per heavy atom. The molecule has 0 fully saturated rings. The Balaban J connectivity index is 0.918. The van der Waals surface area contributed by atoms with Gasteiger partial charge < -0.3 is 19.3 Å². The molecule has 454 valence electrons. The normalized spacial score (nSPS) is 12.0. The standard InChI is InChI=1S/C72H55N9O11/c1-9-59-73-71(80-66(86)51-34-47-48(35-52(51)67(80)87)63(83)78(62(47)82)57-24-16-22-55(60(57)91-42(8)38(2)3)77(45-30-26-40(6)27-31-45)46-32-28-41(7)29-33-46)75-72(74-59)81-68(88)53-36-49-50(37-54(53)69(81)89)65(85)79(64(49)84)58-25-17-23-56(61(58)92-70(90)39(4)5)76(43-18-12-10-13-19-43)44-20-14-11-15-21-44/h9-39,42H,1H2,2-8H3. The topological polar surface area (TPSA) is 237 Å². The third-order valence-electron chi connectivity index (χ3n) is 16.4. The Bertz CT molecular complexity index is 5400. The van der Waals surface area contributed by atoms with Crippen molar-refractivity contribution in [3.63, 3.8) is 0 Å². The van der Waals surface area contributed by atoms with Gasteiger partial charge in [0.15, 0.2) is 17.3 Å². The number of anilines is 6. The smallest absolute Gasteiger partial charge is 0.313 e. The van der Waals surface area contributed by atoms with Gasteiger partial charge in [-0.05, 0) is 130 Å². The molecular formula is C72H55N9O11. The number of carbonyl (C=O) groups is 1. The Hall–Kier alpha value is -12.1. The summed E-state index contributed by atoms with van der Waals surface area (Å²) in [4.78, 5) is 148. The van der Waals surface area contributed by atoms with Crippen LogP contribution in [0.2, 0.25) is 0 Å². The van der Waals surface area contributed by atoms with Crippen molar-refractivity contribution in [2.45, 2.75) is 54.6 Å². The molecule has 1 unspecified atom stereocenters. The third-order valence-corrected chi connectivity index (χ3v) is 16.4. The third kappa shape index (κ3) is 9.71. The van der Waals surface area contributed by atoms with Crippen LogP contribution in [0, 0.1) is 25.7 Å². The average molecular weight is 1220 g/mol. The largest absolute Gasteiger partial charge is 0.486 e. The van der Waals surface area contributed by atoms with E-state index >= 15 is 0 Å². The van der Waals surface area contributed by atoms with Crippen LogP contribution in [0.25, 0.3) is 72.4 Å². The Kier molecular flexibility index (Phi) is 14.6. The van der Waals surface area contributed by atoms with Crippen molar-refractivity contribution in [3.05, 3.63) is 276 Å². The monoisotopic (exact) mass is 1220 g/mol. The van der Waals surface area contributed by atoms with E-state index in [1.165, 1.54) is 18.2 Å². The minimum absolute atomic E-state index is 0.00773. The van der Waals surface area contributed by atoms with E-state index in [0.717, 1.165) is 49.8 Å². The summed E-state index contributed by atoms with van der Waals surface area (Å²) in [5.41, 5.74) is -1.69. The molecule has 13 rings (SSSR count). The highest BCUT2D eigenvalue weighted by Gasteiger charge is 2.31. The fourth-order valence-corrected chi connectivity index (χ4v) is 11.3. The van der Waals surface area contributed by atoms with E-state index in [9.17, 15) is 43.2 Å². The highest BCUT2D eigenvalue weighted by molar-refractivity contribution is 6.00. The second kappa shape index (κ2) is 22.8. The summed E-state index contributed by atoms with van der Waals surface area (Å²) in [6.07, 6.45) is 0.711. The van der Waals surface area contributed by atoms with Gasteiger partial charge in [0, 0.05) is 22.7 Å². The summed E-state index contributed by atoms with van der Waals surface area (Å²) in [6.45, 7) is 16.8. The second-order valence-electron chi connectivity index (χ2n) is 23.1. The molecule has 0 aliphatic heterocycles. The number of nitrogens with zero attached hydrogens (tertiary/aromatic N) is 9. The molecular weight excluding hydrogens is 1170 g/mol. The second-order valence-corrected chi connectivity index (χ2v) is 23.1. The number of para-hydroxylation sites is 4. The van der Waals surface area contributed by atoms with E-state index < -0.39 is 74.4 Å². The van der Waals surface area contributed by atoms with Crippen molar-refractivity contribution in [3.8, 4) is 34.8 Å². The van der Waals surface area contributed by atoms with Gasteiger partial charge in [-0.2, -0.15) is 15.0 Å². The first kappa shape index (κ1) is 58.9. The molecule has 0 saturated carbocycles. The maximum Gasteiger partial charge on any atom is 0.313 e. The summed E-state index contributed by atoms with van der Waals surface area (Å²) in [7, 11) is 0. The number of aromatic nitrogens is 7. The highest BCUT2D eigenvalue weighted by Crippen LogP contribution is 2.45. The van der Waals surface area contributed by atoms with Crippen molar-refractivity contribution < 1.29 is 14.3 Å². The molecule has 0 saturated heterocycles. The summed E-state index contributed by atoms with van der Waals surface area (Å²) < 4.78 is 15.8.